The molecule has 1 atom stereocenters. The fraction of sp³-hybridized carbons (Fsp3) is 0.500. The summed E-state index contributed by atoms with van der Waals surface area (Å²) < 4.78 is 4.70. The second-order valence-electron chi connectivity index (χ2n) is 4.68. The van der Waals surface area contributed by atoms with Gasteiger partial charge >= 0.3 is 5.97 Å². The zero-order valence-electron chi connectivity index (χ0n) is 11.4. The number of esters is 1. The first-order chi connectivity index (χ1) is 8.45. The van der Waals surface area contributed by atoms with Gasteiger partial charge in [0.2, 0.25) is 0 Å². The second kappa shape index (κ2) is 6.59. The number of hydrogen-bond acceptors (Lipinski definition) is 4. The van der Waals surface area contributed by atoms with E-state index in [-0.39, 0.29) is 5.97 Å². The third kappa shape index (κ3) is 3.88. The quantitative estimate of drug-likeness (QED) is 0.649. The fourth-order valence-electron chi connectivity index (χ4n) is 1.70. The zero-order chi connectivity index (χ0) is 13.7. The molecule has 1 rings (SSSR count). The van der Waals surface area contributed by atoms with E-state index in [4.69, 9.17) is 10.5 Å². The highest BCUT2D eigenvalue weighted by atomic mass is 32.1. The minimum Gasteiger partial charge on any atom is -0.465 e. The molecule has 0 radical (unpaired) electrons. The lowest BCUT2D eigenvalue weighted by Crippen LogP contribution is -2.02. The Balaban J connectivity index is 2.72. The summed E-state index contributed by atoms with van der Waals surface area (Å²) in [4.78, 5) is 12.6. The van der Waals surface area contributed by atoms with E-state index in [1.165, 1.54) is 24.0 Å². The van der Waals surface area contributed by atoms with Crippen molar-refractivity contribution in [3.63, 3.8) is 0 Å². The van der Waals surface area contributed by atoms with Gasteiger partial charge in [-0.1, -0.05) is 18.6 Å². The van der Waals surface area contributed by atoms with E-state index < -0.39 is 0 Å². The smallest absolute Gasteiger partial charge is 0.340 e. The van der Waals surface area contributed by atoms with Crippen molar-refractivity contribution in [1.82, 2.24) is 0 Å². The van der Waals surface area contributed by atoms with E-state index in [1.54, 1.807) is 0 Å². The molecule has 1 aromatic rings. The van der Waals surface area contributed by atoms with Gasteiger partial charge in [-0.15, -0.1) is 11.3 Å². The van der Waals surface area contributed by atoms with E-state index in [0.717, 1.165) is 17.7 Å². The number of anilines is 1. The molecule has 0 saturated carbocycles. The molecule has 0 aliphatic heterocycles. The van der Waals surface area contributed by atoms with Crippen molar-refractivity contribution in [3.05, 3.63) is 28.2 Å². The Bertz CT molecular complexity index is 445. The van der Waals surface area contributed by atoms with E-state index >= 15 is 0 Å². The summed E-state index contributed by atoms with van der Waals surface area (Å²) in [5, 5.41) is 0.547. The Morgan fingerprint density at radius 2 is 2.22 bits per heavy atom. The molecule has 1 aromatic heterocycles. The number of carbonyl (C=O) groups is 1. The maximum Gasteiger partial charge on any atom is 0.340 e. The fourth-order valence-corrected chi connectivity index (χ4v) is 2.70. The lowest BCUT2D eigenvalue weighted by atomic mass is 10.0. The Morgan fingerprint density at radius 1 is 1.56 bits per heavy atom. The van der Waals surface area contributed by atoms with Crippen LogP contribution in [0.4, 0.5) is 5.00 Å². The predicted octanol–water partition coefficient (Wildman–Crippen LogP) is 3.97. The number of carbonyl (C=O) groups excluding carboxylic acids is 1. The van der Waals surface area contributed by atoms with Crippen LogP contribution in [0.25, 0.3) is 0 Å². The molecule has 0 aliphatic carbocycles. The summed E-state index contributed by atoms with van der Waals surface area (Å²) in [7, 11) is 1.37. The summed E-state index contributed by atoms with van der Waals surface area (Å²) >= 11 is 1.48. The number of thiophene rings is 1. The van der Waals surface area contributed by atoms with E-state index in [9.17, 15) is 4.79 Å². The van der Waals surface area contributed by atoms with Gasteiger partial charge in [-0.05, 0) is 38.7 Å². The molecule has 0 spiro atoms. The highest BCUT2D eigenvalue weighted by molar-refractivity contribution is 7.16. The molecule has 1 heterocycles. The maximum atomic E-state index is 11.5. The third-order valence-electron chi connectivity index (χ3n) is 2.82. The molecule has 2 N–H and O–H groups in total. The van der Waals surface area contributed by atoms with E-state index in [1.807, 2.05) is 6.07 Å². The largest absolute Gasteiger partial charge is 0.465 e. The van der Waals surface area contributed by atoms with Crippen LogP contribution in [-0.2, 0) is 4.74 Å². The monoisotopic (exact) mass is 267 g/mol. The van der Waals surface area contributed by atoms with E-state index in [0.29, 0.717) is 16.5 Å². The summed E-state index contributed by atoms with van der Waals surface area (Å²) in [5.41, 5.74) is 7.67. The maximum absolute atomic E-state index is 11.5. The number of hydrogen-bond donors (Lipinski definition) is 1. The van der Waals surface area contributed by atoms with Crippen molar-refractivity contribution >= 4 is 22.3 Å². The van der Waals surface area contributed by atoms with Crippen LogP contribution in [0.15, 0.2) is 17.7 Å². The van der Waals surface area contributed by atoms with Gasteiger partial charge in [0.25, 0.3) is 0 Å². The molecule has 0 aromatic carbocycles. The van der Waals surface area contributed by atoms with Crippen molar-refractivity contribution in [3.8, 4) is 0 Å². The molecule has 100 valence electrons. The van der Waals surface area contributed by atoms with Crippen LogP contribution in [0, 0.1) is 0 Å². The molecule has 0 aliphatic rings. The summed E-state index contributed by atoms with van der Waals surface area (Å²) in [6.07, 6.45) is 4.34. The molecule has 0 saturated heterocycles. The first kappa shape index (κ1) is 14.8. The van der Waals surface area contributed by atoms with Crippen LogP contribution in [0.3, 0.4) is 0 Å². The highest BCUT2D eigenvalue weighted by Crippen LogP contribution is 2.33. The Labute approximate surface area is 113 Å². The third-order valence-corrected chi connectivity index (χ3v) is 4.02. The first-order valence-corrected chi connectivity index (χ1v) is 6.88. The molecule has 1 unspecified atom stereocenters. The van der Waals surface area contributed by atoms with Crippen LogP contribution >= 0.6 is 11.3 Å². The lowest BCUT2D eigenvalue weighted by molar-refractivity contribution is 0.0602. The molecule has 18 heavy (non-hydrogen) atoms. The molecular weight excluding hydrogens is 246 g/mol. The second-order valence-corrected chi connectivity index (χ2v) is 5.79. The predicted molar refractivity (Wildman–Crippen MR) is 77.2 cm³/mol. The highest BCUT2D eigenvalue weighted by Gasteiger charge is 2.17. The van der Waals surface area contributed by atoms with Gasteiger partial charge in [0.1, 0.15) is 5.00 Å². The summed E-state index contributed by atoms with van der Waals surface area (Å²) in [6.45, 7) is 6.36. The number of methoxy groups -OCH3 is 1. The summed E-state index contributed by atoms with van der Waals surface area (Å²) in [6, 6.07) is 1.86. The van der Waals surface area contributed by atoms with Crippen LogP contribution in [0.2, 0.25) is 0 Å². The van der Waals surface area contributed by atoms with Crippen molar-refractivity contribution in [1.29, 1.82) is 0 Å². The molecule has 0 amide bonds. The zero-order valence-corrected chi connectivity index (χ0v) is 12.3. The van der Waals surface area contributed by atoms with Crippen molar-refractivity contribution < 1.29 is 9.53 Å². The van der Waals surface area contributed by atoms with Crippen molar-refractivity contribution in [2.45, 2.75) is 39.5 Å². The van der Waals surface area contributed by atoms with Crippen molar-refractivity contribution in [2.75, 3.05) is 12.8 Å². The molecule has 0 fully saturated rings. The van der Waals surface area contributed by atoms with Crippen molar-refractivity contribution in [2.24, 2.45) is 0 Å². The van der Waals surface area contributed by atoms with Gasteiger partial charge in [0.05, 0.1) is 12.7 Å². The van der Waals surface area contributed by atoms with E-state index in [2.05, 4.69) is 26.8 Å². The van der Waals surface area contributed by atoms with Gasteiger partial charge < -0.3 is 10.5 Å². The van der Waals surface area contributed by atoms with Crippen LogP contribution < -0.4 is 5.73 Å². The molecule has 4 heteroatoms. The topological polar surface area (TPSA) is 52.3 Å². The van der Waals surface area contributed by atoms with Gasteiger partial charge in [-0.2, -0.15) is 0 Å². The Kier molecular flexibility index (Phi) is 5.41. The molecule has 3 nitrogen and oxygen atoms in total. The SMILES string of the molecule is COC(=O)c1cc(C(C)CCC=C(C)C)sc1N. The average Bonchev–Trinajstić information content (AvgIpc) is 2.70. The van der Waals surface area contributed by atoms with Gasteiger partial charge in [0.15, 0.2) is 0 Å². The van der Waals surface area contributed by atoms with Crippen LogP contribution in [0.5, 0.6) is 0 Å². The Hall–Kier alpha value is -1.29. The van der Waals surface area contributed by atoms with Crippen LogP contribution in [-0.4, -0.2) is 13.1 Å². The van der Waals surface area contributed by atoms with Gasteiger partial charge in [-0.3, -0.25) is 0 Å². The lowest BCUT2D eigenvalue weighted by Gasteiger charge is -2.06. The minimum atomic E-state index is -0.355. The summed E-state index contributed by atoms with van der Waals surface area (Å²) in [5.74, 6) is 0.0535. The van der Waals surface area contributed by atoms with Gasteiger partial charge in [0, 0.05) is 4.88 Å². The minimum absolute atomic E-state index is 0.355. The molecule has 0 bridgehead atoms. The number of ether oxygens (including phenoxy) is 1. The number of nitrogen functional groups attached to an aromatic ring is 1. The molecular formula is C14H21NO2S. The normalized spacial score (nSPS) is 12.0. The number of rotatable bonds is 5. The standard InChI is InChI=1S/C14H21NO2S/c1-9(2)6-5-7-10(3)12-8-11(13(15)18-12)14(16)17-4/h6,8,10H,5,7,15H2,1-4H3. The number of allylic oxidation sites excluding steroid dienone is 2. The van der Waals surface area contributed by atoms with Gasteiger partial charge in [-0.25, -0.2) is 4.79 Å². The Morgan fingerprint density at radius 3 is 2.78 bits per heavy atom. The average molecular weight is 267 g/mol. The first-order valence-electron chi connectivity index (χ1n) is 6.06. The number of nitrogens with two attached hydrogens (primary N) is 1. The van der Waals surface area contributed by atoms with Crippen LogP contribution in [0.1, 0.15) is 54.8 Å².